The molecule has 0 saturated heterocycles. The molecule has 1 heterocycles. The first-order chi connectivity index (χ1) is 8.09. The third-order valence-corrected chi connectivity index (χ3v) is 1.93. The molecule has 0 aromatic carbocycles. The predicted octanol–water partition coefficient (Wildman–Crippen LogP) is 0.221. The number of nitrogens with one attached hydrogen (secondary N) is 1. The fourth-order valence-electron chi connectivity index (χ4n) is 1.10. The zero-order valence-electron chi connectivity index (χ0n) is 9.47. The summed E-state index contributed by atoms with van der Waals surface area (Å²) >= 11 is 0. The van der Waals surface area contributed by atoms with E-state index < -0.39 is 5.97 Å². The maximum absolute atomic E-state index is 11.5. The number of nitrogens with zero attached hydrogens (tertiary/aromatic N) is 1. The topological polar surface area (TPSA) is 88.5 Å². The molecule has 0 saturated carbocycles. The maximum Gasteiger partial charge on any atom is 0.329 e. The number of pyridine rings is 1. The van der Waals surface area contributed by atoms with Gasteiger partial charge in [-0.15, -0.1) is 0 Å². The second-order valence-corrected chi connectivity index (χ2v) is 3.39. The van der Waals surface area contributed by atoms with E-state index in [0.717, 1.165) is 5.69 Å². The number of hydrogen-bond acceptors (Lipinski definition) is 4. The Bertz CT molecular complexity index is 389. The van der Waals surface area contributed by atoms with E-state index >= 15 is 0 Å². The molecule has 0 aliphatic carbocycles. The minimum Gasteiger partial charge on any atom is -0.480 e. The van der Waals surface area contributed by atoms with Crippen LogP contribution in [0.15, 0.2) is 18.3 Å². The molecule has 17 heavy (non-hydrogen) atoms. The predicted molar refractivity (Wildman–Crippen MR) is 59.8 cm³/mol. The minimum atomic E-state index is -1.03. The number of carbonyl (C=O) groups excluding carboxylic acids is 1. The summed E-state index contributed by atoms with van der Waals surface area (Å²) in [5.41, 5.74) is 1.31. The Kier molecular flexibility index (Phi) is 5.09. The molecule has 1 aromatic rings. The van der Waals surface area contributed by atoms with Crippen molar-refractivity contribution in [1.29, 1.82) is 0 Å². The summed E-state index contributed by atoms with van der Waals surface area (Å²) in [5.74, 6) is -1.28. The van der Waals surface area contributed by atoms with Gasteiger partial charge in [-0.1, -0.05) is 0 Å². The highest BCUT2D eigenvalue weighted by Crippen LogP contribution is 1.98. The minimum absolute atomic E-state index is 0.164. The van der Waals surface area contributed by atoms with Crippen LogP contribution in [0.2, 0.25) is 0 Å². The van der Waals surface area contributed by atoms with Gasteiger partial charge in [-0.25, -0.2) is 4.79 Å². The van der Waals surface area contributed by atoms with Crippen LogP contribution in [0, 0.1) is 6.92 Å². The molecule has 1 rings (SSSR count). The number of rotatable bonds is 6. The fraction of sp³-hybridized carbons (Fsp3) is 0.364. The van der Waals surface area contributed by atoms with E-state index in [1.54, 1.807) is 12.1 Å². The highest BCUT2D eigenvalue weighted by molar-refractivity contribution is 5.93. The van der Waals surface area contributed by atoms with Crippen LogP contribution in [0.1, 0.15) is 16.1 Å². The first-order valence-corrected chi connectivity index (χ1v) is 5.10. The van der Waals surface area contributed by atoms with Crippen molar-refractivity contribution < 1.29 is 19.4 Å². The van der Waals surface area contributed by atoms with E-state index in [9.17, 15) is 9.59 Å². The summed E-state index contributed by atoms with van der Waals surface area (Å²) < 4.78 is 4.77. The largest absolute Gasteiger partial charge is 0.480 e. The lowest BCUT2D eigenvalue weighted by atomic mass is 10.2. The van der Waals surface area contributed by atoms with Crippen molar-refractivity contribution in [3.05, 3.63) is 29.6 Å². The van der Waals surface area contributed by atoms with Gasteiger partial charge < -0.3 is 15.2 Å². The number of aromatic nitrogens is 1. The van der Waals surface area contributed by atoms with Crippen molar-refractivity contribution in [2.45, 2.75) is 6.92 Å². The molecule has 1 amide bonds. The van der Waals surface area contributed by atoms with Crippen molar-refractivity contribution in [3.63, 3.8) is 0 Å². The lowest BCUT2D eigenvalue weighted by molar-refractivity contribution is -0.142. The Morgan fingerprint density at radius 3 is 2.82 bits per heavy atom. The smallest absolute Gasteiger partial charge is 0.329 e. The molecule has 0 atom stereocenters. The molecular formula is C11H14N2O4. The second-order valence-electron chi connectivity index (χ2n) is 3.39. The van der Waals surface area contributed by atoms with Crippen LogP contribution in [0.5, 0.6) is 0 Å². The number of ether oxygens (including phenoxy) is 1. The summed E-state index contributed by atoms with van der Waals surface area (Å²) in [6.07, 6.45) is 1.49. The van der Waals surface area contributed by atoms with Gasteiger partial charge in [0.1, 0.15) is 6.61 Å². The molecule has 0 spiro atoms. The zero-order valence-corrected chi connectivity index (χ0v) is 9.47. The first-order valence-electron chi connectivity index (χ1n) is 5.10. The standard InChI is InChI=1S/C11H14N2O4/c1-8-2-3-9(6-13-8)11(16)12-4-5-17-7-10(14)15/h2-3,6H,4-5,7H2,1H3,(H,12,16)(H,14,15). The average molecular weight is 238 g/mol. The summed E-state index contributed by atoms with van der Waals surface area (Å²) in [7, 11) is 0. The van der Waals surface area contributed by atoms with Crippen LogP contribution < -0.4 is 5.32 Å². The number of aliphatic carboxylic acids is 1. The Balaban J connectivity index is 2.25. The Labute approximate surface area is 98.6 Å². The van der Waals surface area contributed by atoms with Gasteiger partial charge in [0.2, 0.25) is 0 Å². The monoisotopic (exact) mass is 238 g/mol. The SMILES string of the molecule is Cc1ccc(C(=O)NCCOCC(=O)O)cn1. The van der Waals surface area contributed by atoms with Crippen LogP contribution in [-0.2, 0) is 9.53 Å². The molecule has 0 fully saturated rings. The molecule has 6 nitrogen and oxygen atoms in total. The van der Waals surface area contributed by atoms with E-state index in [4.69, 9.17) is 9.84 Å². The number of aryl methyl sites for hydroxylation is 1. The first kappa shape index (κ1) is 13.1. The molecule has 0 bridgehead atoms. The van der Waals surface area contributed by atoms with E-state index in [2.05, 4.69) is 10.3 Å². The third kappa shape index (κ3) is 5.07. The number of carboxylic acid groups (broad SMARTS) is 1. The molecule has 0 aliphatic rings. The molecule has 92 valence electrons. The van der Waals surface area contributed by atoms with E-state index in [0.29, 0.717) is 5.56 Å². The summed E-state index contributed by atoms with van der Waals surface area (Å²) in [5, 5.41) is 10.9. The van der Waals surface area contributed by atoms with Crippen molar-refractivity contribution in [1.82, 2.24) is 10.3 Å². The third-order valence-electron chi connectivity index (χ3n) is 1.93. The van der Waals surface area contributed by atoms with Gasteiger partial charge in [0, 0.05) is 18.4 Å². The normalized spacial score (nSPS) is 9.94. The van der Waals surface area contributed by atoms with Gasteiger partial charge in [-0.2, -0.15) is 0 Å². The Morgan fingerprint density at radius 1 is 1.47 bits per heavy atom. The van der Waals surface area contributed by atoms with E-state index in [-0.39, 0.29) is 25.7 Å². The molecule has 0 aliphatic heterocycles. The number of hydrogen-bond donors (Lipinski definition) is 2. The van der Waals surface area contributed by atoms with Gasteiger partial charge in [-0.3, -0.25) is 9.78 Å². The van der Waals surface area contributed by atoms with Crippen LogP contribution in [0.25, 0.3) is 0 Å². The fourth-order valence-corrected chi connectivity index (χ4v) is 1.10. The van der Waals surface area contributed by atoms with Crippen LogP contribution >= 0.6 is 0 Å². The maximum atomic E-state index is 11.5. The number of carbonyl (C=O) groups is 2. The molecular weight excluding hydrogens is 224 g/mol. The van der Waals surface area contributed by atoms with E-state index in [1.165, 1.54) is 6.20 Å². The van der Waals surface area contributed by atoms with Crippen LogP contribution in [0.3, 0.4) is 0 Å². The molecule has 0 unspecified atom stereocenters. The highest BCUT2D eigenvalue weighted by atomic mass is 16.5. The Morgan fingerprint density at radius 2 is 2.24 bits per heavy atom. The molecule has 6 heteroatoms. The van der Waals surface area contributed by atoms with Gasteiger partial charge in [0.15, 0.2) is 0 Å². The molecule has 0 radical (unpaired) electrons. The van der Waals surface area contributed by atoms with Crippen LogP contribution in [0.4, 0.5) is 0 Å². The van der Waals surface area contributed by atoms with Crippen molar-refractivity contribution in [3.8, 4) is 0 Å². The van der Waals surface area contributed by atoms with Crippen LogP contribution in [-0.4, -0.2) is 41.7 Å². The highest BCUT2D eigenvalue weighted by Gasteiger charge is 2.04. The molecule has 2 N–H and O–H groups in total. The molecule has 1 aromatic heterocycles. The van der Waals surface area contributed by atoms with E-state index in [1.807, 2.05) is 6.92 Å². The lowest BCUT2D eigenvalue weighted by Gasteiger charge is -2.05. The quantitative estimate of drug-likeness (QED) is 0.692. The second kappa shape index (κ2) is 6.59. The van der Waals surface area contributed by atoms with Gasteiger partial charge in [-0.05, 0) is 19.1 Å². The van der Waals surface area contributed by atoms with Crippen molar-refractivity contribution >= 4 is 11.9 Å². The summed E-state index contributed by atoms with van der Waals surface area (Å²) in [6, 6.07) is 3.42. The Hall–Kier alpha value is -1.95. The lowest BCUT2D eigenvalue weighted by Crippen LogP contribution is -2.28. The zero-order chi connectivity index (χ0) is 12.7. The van der Waals surface area contributed by atoms with Crippen molar-refractivity contribution in [2.75, 3.05) is 19.8 Å². The summed E-state index contributed by atoms with van der Waals surface area (Å²) in [4.78, 5) is 25.7. The van der Waals surface area contributed by atoms with Gasteiger partial charge >= 0.3 is 5.97 Å². The van der Waals surface area contributed by atoms with Gasteiger partial charge in [0.25, 0.3) is 5.91 Å². The number of carboxylic acids is 1. The summed E-state index contributed by atoms with van der Waals surface area (Å²) in [6.45, 7) is 1.90. The average Bonchev–Trinajstić information content (AvgIpc) is 2.29. The number of amides is 1. The van der Waals surface area contributed by atoms with Gasteiger partial charge in [0.05, 0.1) is 12.2 Å². The van der Waals surface area contributed by atoms with Crippen molar-refractivity contribution in [2.24, 2.45) is 0 Å².